The molecule has 0 bridgehead atoms. The van der Waals surface area contributed by atoms with Gasteiger partial charge in [-0.3, -0.25) is 4.57 Å². The molecule has 0 saturated heterocycles. The van der Waals surface area contributed by atoms with Crippen molar-refractivity contribution in [3.63, 3.8) is 0 Å². The number of nitrogens with one attached hydrogen (secondary N) is 2. The summed E-state index contributed by atoms with van der Waals surface area (Å²) >= 11 is 7.51. The number of benzene rings is 1. The van der Waals surface area contributed by atoms with Gasteiger partial charge in [-0.15, -0.1) is 21.5 Å². The first-order valence-corrected chi connectivity index (χ1v) is 11.6. The van der Waals surface area contributed by atoms with E-state index in [4.69, 9.17) is 27.4 Å². The predicted octanol–water partition coefficient (Wildman–Crippen LogP) is 4.88. The molecule has 0 saturated carbocycles. The second-order valence-corrected chi connectivity index (χ2v) is 8.87. The Hall–Kier alpha value is -3.50. The Labute approximate surface area is 199 Å². The maximum absolute atomic E-state index is 8.58. The van der Waals surface area contributed by atoms with Crippen LogP contribution in [0.3, 0.4) is 0 Å². The SMILES string of the molecule is CCC1c2nnc(C)n2-c2cnc(C(C=N)C(=N)c3nccs3)nc2N1c1ccc(Cl)cc1. The third-order valence-electron chi connectivity index (χ3n) is 5.61. The molecule has 166 valence electrons. The van der Waals surface area contributed by atoms with Crippen molar-refractivity contribution in [2.24, 2.45) is 0 Å². The molecule has 9 nitrogen and oxygen atoms in total. The first-order valence-electron chi connectivity index (χ1n) is 10.4. The van der Waals surface area contributed by atoms with E-state index in [1.807, 2.05) is 41.1 Å². The van der Waals surface area contributed by atoms with Crippen molar-refractivity contribution in [3.8, 4) is 5.69 Å². The molecule has 5 rings (SSSR count). The maximum Gasteiger partial charge on any atom is 0.161 e. The number of anilines is 2. The number of aryl methyl sites for hydroxylation is 1. The van der Waals surface area contributed by atoms with Gasteiger partial charge in [-0.25, -0.2) is 15.0 Å². The van der Waals surface area contributed by atoms with Crippen molar-refractivity contribution in [1.29, 1.82) is 10.8 Å². The van der Waals surface area contributed by atoms with Gasteiger partial charge in [0, 0.05) is 28.5 Å². The van der Waals surface area contributed by atoms with Gasteiger partial charge in [0.2, 0.25) is 0 Å². The van der Waals surface area contributed by atoms with Crippen molar-refractivity contribution in [3.05, 3.63) is 69.5 Å². The number of nitrogens with zero attached hydrogens (tertiary/aromatic N) is 7. The highest BCUT2D eigenvalue weighted by atomic mass is 35.5. The second-order valence-electron chi connectivity index (χ2n) is 7.54. The molecule has 0 fully saturated rings. The number of halogens is 1. The lowest BCUT2D eigenvalue weighted by molar-refractivity contribution is 0.585. The van der Waals surface area contributed by atoms with Crippen LogP contribution in [0, 0.1) is 17.7 Å². The average Bonchev–Trinajstić information content (AvgIpc) is 3.50. The normalized spacial score (nSPS) is 15.6. The lowest BCUT2D eigenvalue weighted by Gasteiger charge is -2.37. The van der Waals surface area contributed by atoms with E-state index in [0.29, 0.717) is 21.7 Å². The fourth-order valence-electron chi connectivity index (χ4n) is 4.07. The van der Waals surface area contributed by atoms with Gasteiger partial charge in [0.25, 0.3) is 0 Å². The minimum atomic E-state index is -0.711. The number of fused-ring (bicyclic) bond motifs is 3. The first kappa shape index (κ1) is 21.4. The van der Waals surface area contributed by atoms with Gasteiger partial charge in [-0.1, -0.05) is 18.5 Å². The van der Waals surface area contributed by atoms with E-state index in [9.17, 15) is 0 Å². The zero-order valence-corrected chi connectivity index (χ0v) is 19.5. The minimum Gasteiger partial charge on any atom is -0.314 e. The molecule has 0 radical (unpaired) electrons. The Bertz CT molecular complexity index is 1330. The van der Waals surface area contributed by atoms with Crippen LogP contribution in [0.2, 0.25) is 5.02 Å². The summed E-state index contributed by atoms with van der Waals surface area (Å²) in [6, 6.07) is 7.46. The number of hydrogen-bond acceptors (Lipinski definition) is 9. The summed E-state index contributed by atoms with van der Waals surface area (Å²) in [6.07, 6.45) is 5.32. The Kier molecular flexibility index (Phi) is 5.47. The molecular formula is C22H20ClN9S. The first-order chi connectivity index (χ1) is 16.0. The molecule has 0 amide bonds. The maximum atomic E-state index is 8.58. The molecule has 33 heavy (non-hydrogen) atoms. The molecule has 4 heterocycles. The molecule has 11 heteroatoms. The van der Waals surface area contributed by atoms with Crippen molar-refractivity contribution >= 4 is 46.4 Å². The molecule has 0 aliphatic carbocycles. The monoisotopic (exact) mass is 477 g/mol. The summed E-state index contributed by atoms with van der Waals surface area (Å²) in [7, 11) is 0. The molecule has 1 aliphatic heterocycles. The summed E-state index contributed by atoms with van der Waals surface area (Å²) < 4.78 is 1.98. The summed E-state index contributed by atoms with van der Waals surface area (Å²) in [5.41, 5.74) is 1.85. The molecule has 0 spiro atoms. The topological polar surface area (TPSA) is 120 Å². The smallest absolute Gasteiger partial charge is 0.161 e. The van der Waals surface area contributed by atoms with Crippen LogP contribution in [0.15, 0.2) is 42.0 Å². The third-order valence-corrected chi connectivity index (χ3v) is 6.67. The van der Waals surface area contributed by atoms with Crippen molar-refractivity contribution in [1.82, 2.24) is 29.7 Å². The highest BCUT2D eigenvalue weighted by Crippen LogP contribution is 2.43. The van der Waals surface area contributed by atoms with E-state index in [-0.39, 0.29) is 11.8 Å². The zero-order valence-electron chi connectivity index (χ0n) is 17.9. The third kappa shape index (κ3) is 3.51. The van der Waals surface area contributed by atoms with Crippen LogP contribution in [-0.2, 0) is 0 Å². The molecule has 2 N–H and O–H groups in total. The van der Waals surface area contributed by atoms with Crippen molar-refractivity contribution in [2.75, 3.05) is 4.90 Å². The predicted molar refractivity (Wildman–Crippen MR) is 129 cm³/mol. The van der Waals surface area contributed by atoms with Gasteiger partial charge in [0.15, 0.2) is 11.6 Å². The summed E-state index contributed by atoms with van der Waals surface area (Å²) in [5, 5.41) is 28.3. The van der Waals surface area contributed by atoms with Crippen LogP contribution in [0.5, 0.6) is 0 Å². The second kappa shape index (κ2) is 8.45. The van der Waals surface area contributed by atoms with Crippen LogP contribution < -0.4 is 4.90 Å². The van der Waals surface area contributed by atoms with E-state index >= 15 is 0 Å². The minimum absolute atomic E-state index is 0.112. The molecule has 3 aromatic heterocycles. The van der Waals surface area contributed by atoms with Gasteiger partial charge >= 0.3 is 0 Å². The molecule has 2 atom stereocenters. The van der Waals surface area contributed by atoms with E-state index in [1.54, 1.807) is 12.4 Å². The largest absolute Gasteiger partial charge is 0.314 e. The van der Waals surface area contributed by atoms with E-state index in [0.717, 1.165) is 29.4 Å². The Balaban J connectivity index is 1.70. The Morgan fingerprint density at radius 2 is 2.03 bits per heavy atom. The number of rotatable bonds is 6. The molecule has 1 aliphatic rings. The lowest BCUT2D eigenvalue weighted by Crippen LogP contribution is -2.33. The quantitative estimate of drug-likeness (QED) is 0.382. The molecule has 2 unspecified atom stereocenters. The zero-order chi connectivity index (χ0) is 23.1. The molecular weight excluding hydrogens is 458 g/mol. The number of aromatic nitrogens is 6. The standard InChI is InChI=1S/C22H20ClN9S/c1-3-16-21-30-29-12(2)31(21)17-11-27-19(15(10-24)18(25)22-26-8-9-33-22)28-20(17)32(16)14-6-4-13(23)5-7-14/h4-11,15-16,24-25H,3H2,1-2H3. The number of thiazole rings is 1. The van der Waals surface area contributed by atoms with Gasteiger partial charge in [-0.2, -0.15) is 0 Å². The fourth-order valence-corrected chi connectivity index (χ4v) is 4.82. The van der Waals surface area contributed by atoms with Crippen LogP contribution in [-0.4, -0.2) is 41.6 Å². The van der Waals surface area contributed by atoms with Crippen LogP contribution in [0.25, 0.3) is 5.69 Å². The van der Waals surface area contributed by atoms with E-state index in [2.05, 4.69) is 32.0 Å². The van der Waals surface area contributed by atoms with Gasteiger partial charge in [0.05, 0.1) is 23.9 Å². The van der Waals surface area contributed by atoms with E-state index < -0.39 is 5.92 Å². The fraction of sp³-hybridized carbons (Fsp3) is 0.227. The summed E-state index contributed by atoms with van der Waals surface area (Å²) in [5.74, 6) is 1.89. The molecule has 1 aromatic carbocycles. The molecule has 4 aromatic rings. The van der Waals surface area contributed by atoms with Gasteiger partial charge < -0.3 is 15.7 Å². The van der Waals surface area contributed by atoms with Crippen LogP contribution >= 0.6 is 22.9 Å². The van der Waals surface area contributed by atoms with Gasteiger partial charge in [-0.05, 0) is 37.6 Å². The highest BCUT2D eigenvalue weighted by molar-refractivity contribution is 7.11. The van der Waals surface area contributed by atoms with Crippen LogP contribution in [0.4, 0.5) is 11.5 Å². The summed E-state index contributed by atoms with van der Waals surface area (Å²) in [6.45, 7) is 3.99. The van der Waals surface area contributed by atoms with E-state index in [1.165, 1.54) is 17.6 Å². The summed E-state index contributed by atoms with van der Waals surface area (Å²) in [4.78, 5) is 15.8. The highest BCUT2D eigenvalue weighted by Gasteiger charge is 2.36. The Morgan fingerprint density at radius 3 is 2.70 bits per heavy atom. The Morgan fingerprint density at radius 1 is 1.24 bits per heavy atom. The van der Waals surface area contributed by atoms with Crippen molar-refractivity contribution in [2.45, 2.75) is 32.2 Å². The van der Waals surface area contributed by atoms with Crippen LogP contribution in [0.1, 0.15) is 47.8 Å². The van der Waals surface area contributed by atoms with Gasteiger partial charge in [0.1, 0.15) is 22.3 Å². The lowest BCUT2D eigenvalue weighted by atomic mass is 10.0. The number of hydrogen-bond donors (Lipinski definition) is 2. The van der Waals surface area contributed by atoms with Crippen molar-refractivity contribution < 1.29 is 0 Å². The average molecular weight is 478 g/mol.